The second kappa shape index (κ2) is 11.9. The van der Waals surface area contributed by atoms with Crippen molar-refractivity contribution in [3.8, 4) is 17.2 Å². The number of carbonyl (C=O) groups excluding carboxylic acids is 2. The van der Waals surface area contributed by atoms with Crippen LogP contribution in [0.2, 0.25) is 0 Å². The van der Waals surface area contributed by atoms with E-state index in [2.05, 4.69) is 18.7 Å². The van der Waals surface area contributed by atoms with Crippen LogP contribution >= 0.6 is 0 Å². The Kier molecular flexibility index (Phi) is 8.98. The molecule has 1 fully saturated rings. The molecule has 3 rings (SSSR count). The van der Waals surface area contributed by atoms with E-state index in [1.807, 2.05) is 38.1 Å². The second-order valence-electron chi connectivity index (χ2n) is 8.82. The van der Waals surface area contributed by atoms with Gasteiger partial charge in [-0.25, -0.2) is 0 Å². The van der Waals surface area contributed by atoms with Crippen LogP contribution in [-0.2, 0) is 9.59 Å². The molecule has 1 unspecified atom stereocenters. The lowest BCUT2D eigenvalue weighted by atomic mass is 9.94. The van der Waals surface area contributed by atoms with E-state index in [1.54, 1.807) is 18.2 Å². The zero-order valence-corrected chi connectivity index (χ0v) is 21.9. The van der Waals surface area contributed by atoms with Gasteiger partial charge >= 0.3 is 0 Å². The Morgan fingerprint density at radius 3 is 2.36 bits per heavy atom. The van der Waals surface area contributed by atoms with Crippen molar-refractivity contribution in [1.82, 2.24) is 9.80 Å². The van der Waals surface area contributed by atoms with Gasteiger partial charge in [0.1, 0.15) is 23.0 Å². The molecular weight excluding hydrogens is 460 g/mol. The first kappa shape index (κ1) is 27.1. The maximum atomic E-state index is 13.4. The van der Waals surface area contributed by atoms with E-state index in [-0.39, 0.29) is 17.4 Å². The third kappa shape index (κ3) is 5.65. The van der Waals surface area contributed by atoms with E-state index in [4.69, 9.17) is 14.2 Å². The molecule has 194 valence electrons. The Bertz CT molecular complexity index is 1120. The van der Waals surface area contributed by atoms with Crippen LogP contribution in [0.3, 0.4) is 0 Å². The van der Waals surface area contributed by atoms with Crippen LogP contribution in [-0.4, -0.2) is 73.1 Å². The van der Waals surface area contributed by atoms with E-state index in [0.717, 1.165) is 13.1 Å². The number of ether oxygens (including phenoxy) is 3. The van der Waals surface area contributed by atoms with Crippen LogP contribution in [0.1, 0.15) is 44.9 Å². The van der Waals surface area contributed by atoms with Crippen molar-refractivity contribution in [3.05, 3.63) is 59.2 Å². The topological polar surface area (TPSA) is 88.5 Å². The summed E-state index contributed by atoms with van der Waals surface area (Å²) in [6.07, 6.45) is -0.0437. The Balaban J connectivity index is 2.17. The summed E-state index contributed by atoms with van der Waals surface area (Å²) >= 11 is 0. The normalized spacial score (nSPS) is 17.2. The molecule has 0 aliphatic carbocycles. The Hall–Kier alpha value is -3.52. The van der Waals surface area contributed by atoms with Gasteiger partial charge in [0.15, 0.2) is 0 Å². The van der Waals surface area contributed by atoms with E-state index in [0.29, 0.717) is 41.5 Å². The minimum atomic E-state index is -0.775. The van der Waals surface area contributed by atoms with Gasteiger partial charge in [-0.2, -0.15) is 0 Å². The summed E-state index contributed by atoms with van der Waals surface area (Å²) in [5, 5.41) is 11.4. The molecule has 8 heteroatoms. The van der Waals surface area contributed by atoms with Crippen molar-refractivity contribution in [1.29, 1.82) is 0 Å². The smallest absolute Gasteiger partial charge is 0.295 e. The highest BCUT2D eigenvalue weighted by Crippen LogP contribution is 2.42. The molecule has 1 saturated heterocycles. The number of amides is 1. The van der Waals surface area contributed by atoms with Gasteiger partial charge in [-0.1, -0.05) is 26.0 Å². The molecule has 2 aromatic rings. The van der Waals surface area contributed by atoms with Crippen molar-refractivity contribution < 1.29 is 28.9 Å². The summed E-state index contributed by atoms with van der Waals surface area (Å²) in [4.78, 5) is 30.4. The Morgan fingerprint density at radius 1 is 1.03 bits per heavy atom. The SMILES string of the molecule is CCN(CC)CCN1C(=O)C(=O)/C(=C(/O)c2ccc(OC)cc2OC)C1c1cccc(OC(C)C)c1. The summed E-state index contributed by atoms with van der Waals surface area (Å²) in [6, 6.07) is 11.4. The Labute approximate surface area is 213 Å². The largest absolute Gasteiger partial charge is 0.507 e. The molecule has 2 aromatic carbocycles. The monoisotopic (exact) mass is 496 g/mol. The minimum absolute atomic E-state index is 0.0183. The van der Waals surface area contributed by atoms with E-state index in [9.17, 15) is 14.7 Å². The number of aliphatic hydroxyl groups excluding tert-OH is 1. The van der Waals surface area contributed by atoms with Crippen molar-refractivity contribution in [2.75, 3.05) is 40.4 Å². The van der Waals surface area contributed by atoms with E-state index < -0.39 is 17.7 Å². The van der Waals surface area contributed by atoms with Crippen molar-refractivity contribution in [3.63, 3.8) is 0 Å². The first-order valence-electron chi connectivity index (χ1n) is 12.2. The number of aliphatic hydroxyl groups is 1. The van der Waals surface area contributed by atoms with Gasteiger partial charge in [-0.05, 0) is 56.8 Å². The summed E-state index contributed by atoms with van der Waals surface area (Å²) in [5.41, 5.74) is 1.00. The van der Waals surface area contributed by atoms with Crippen molar-refractivity contribution in [2.45, 2.75) is 39.8 Å². The molecule has 0 spiro atoms. The van der Waals surface area contributed by atoms with Crippen molar-refractivity contribution >= 4 is 17.4 Å². The van der Waals surface area contributed by atoms with Gasteiger partial charge < -0.3 is 29.1 Å². The molecule has 1 N–H and O–H groups in total. The molecule has 8 nitrogen and oxygen atoms in total. The van der Waals surface area contributed by atoms with Gasteiger partial charge in [0.05, 0.1) is 37.5 Å². The first-order chi connectivity index (χ1) is 17.2. The summed E-state index contributed by atoms with van der Waals surface area (Å²) in [6.45, 7) is 10.6. The van der Waals surface area contributed by atoms with Crippen LogP contribution < -0.4 is 14.2 Å². The quantitative estimate of drug-likeness (QED) is 0.283. The number of methoxy groups -OCH3 is 2. The Morgan fingerprint density at radius 2 is 1.75 bits per heavy atom. The maximum absolute atomic E-state index is 13.4. The van der Waals surface area contributed by atoms with Crippen molar-refractivity contribution in [2.24, 2.45) is 0 Å². The molecule has 36 heavy (non-hydrogen) atoms. The summed E-state index contributed by atoms with van der Waals surface area (Å²) < 4.78 is 16.6. The lowest BCUT2D eigenvalue weighted by Gasteiger charge is -2.28. The zero-order chi connectivity index (χ0) is 26.4. The fourth-order valence-corrected chi connectivity index (χ4v) is 4.42. The van der Waals surface area contributed by atoms with E-state index in [1.165, 1.54) is 19.1 Å². The van der Waals surface area contributed by atoms with Crippen LogP contribution in [0, 0.1) is 0 Å². The molecule has 1 aliphatic rings. The maximum Gasteiger partial charge on any atom is 0.295 e. The predicted molar refractivity (Wildman–Crippen MR) is 139 cm³/mol. The number of hydrogen-bond donors (Lipinski definition) is 1. The van der Waals surface area contributed by atoms with Gasteiger partial charge in [0.2, 0.25) is 0 Å². The van der Waals surface area contributed by atoms with Gasteiger partial charge in [0, 0.05) is 19.2 Å². The highest BCUT2D eigenvalue weighted by molar-refractivity contribution is 6.46. The van der Waals surface area contributed by atoms with Gasteiger partial charge in [-0.3, -0.25) is 9.59 Å². The fraction of sp³-hybridized carbons (Fsp3) is 0.429. The lowest BCUT2D eigenvalue weighted by molar-refractivity contribution is -0.140. The molecule has 0 bridgehead atoms. The number of likely N-dealkylation sites (N-methyl/N-ethyl adjacent to an activating group) is 1. The number of nitrogens with zero attached hydrogens (tertiary/aromatic N) is 2. The molecule has 0 saturated carbocycles. The van der Waals surface area contributed by atoms with E-state index >= 15 is 0 Å². The van der Waals surface area contributed by atoms with Crippen LogP contribution in [0.15, 0.2) is 48.0 Å². The molecule has 1 aliphatic heterocycles. The molecule has 0 radical (unpaired) electrons. The lowest BCUT2D eigenvalue weighted by Crippen LogP contribution is -2.38. The molecule has 1 amide bonds. The van der Waals surface area contributed by atoms with Crippen LogP contribution in [0.4, 0.5) is 0 Å². The highest BCUT2D eigenvalue weighted by Gasteiger charge is 2.46. The van der Waals surface area contributed by atoms with Crippen LogP contribution in [0.25, 0.3) is 5.76 Å². The van der Waals surface area contributed by atoms with Crippen LogP contribution in [0.5, 0.6) is 17.2 Å². The minimum Gasteiger partial charge on any atom is -0.507 e. The number of benzene rings is 2. The molecule has 0 aromatic heterocycles. The average molecular weight is 497 g/mol. The number of ketones is 1. The third-order valence-corrected chi connectivity index (χ3v) is 6.30. The fourth-order valence-electron chi connectivity index (χ4n) is 4.42. The first-order valence-corrected chi connectivity index (χ1v) is 12.2. The zero-order valence-electron chi connectivity index (χ0n) is 21.9. The standard InChI is InChI=1S/C28H36N2O6/c1-7-29(8-2)14-15-30-25(19-10-9-11-21(16-19)36-18(3)4)24(27(32)28(30)33)26(31)22-13-12-20(34-5)17-23(22)35-6/h9-13,16-18,25,31H,7-8,14-15H2,1-6H3/b26-24+. The number of hydrogen-bond acceptors (Lipinski definition) is 7. The predicted octanol–water partition coefficient (Wildman–Crippen LogP) is 4.25. The number of rotatable bonds is 11. The average Bonchev–Trinajstić information content (AvgIpc) is 3.13. The highest BCUT2D eigenvalue weighted by atomic mass is 16.5. The number of likely N-dealkylation sites (tertiary alicyclic amines) is 1. The third-order valence-electron chi connectivity index (χ3n) is 6.30. The van der Waals surface area contributed by atoms with Gasteiger partial charge in [-0.15, -0.1) is 0 Å². The summed E-state index contributed by atoms with van der Waals surface area (Å²) in [5.74, 6) is -0.173. The second-order valence-corrected chi connectivity index (χ2v) is 8.82. The molecule has 1 atom stereocenters. The molecular formula is C28H36N2O6. The molecule has 1 heterocycles. The number of carbonyl (C=O) groups is 2. The number of Topliss-reactive ketones (excluding diaryl/α,β-unsaturated/α-hetero) is 1. The summed E-state index contributed by atoms with van der Waals surface area (Å²) in [7, 11) is 3.00. The van der Waals surface area contributed by atoms with Gasteiger partial charge in [0.25, 0.3) is 11.7 Å².